The van der Waals surface area contributed by atoms with Crippen LogP contribution in [0.15, 0.2) is 24.9 Å². The van der Waals surface area contributed by atoms with E-state index in [2.05, 4.69) is 58.0 Å². The fourth-order valence-electron chi connectivity index (χ4n) is 1.54. The third kappa shape index (κ3) is 1.74. The maximum Gasteiger partial charge on any atom is 0.178 e. The predicted octanol–water partition coefficient (Wildman–Crippen LogP) is 4.74. The molecule has 7 heteroatoms. The van der Waals surface area contributed by atoms with Crippen molar-refractivity contribution < 1.29 is 0 Å². The molecule has 16 heavy (non-hydrogen) atoms. The Bertz CT molecular complexity index is 579. The molecule has 84 valence electrons. The normalized spacial score (nSPS) is 11.0. The molecule has 0 saturated carbocycles. The Morgan fingerprint density at radius 1 is 1.44 bits per heavy atom. The summed E-state index contributed by atoms with van der Waals surface area (Å²) in [4.78, 5) is 15.1. The summed E-state index contributed by atoms with van der Waals surface area (Å²) < 4.78 is 4.07. The molecule has 1 heterocycles. The van der Waals surface area contributed by atoms with Crippen molar-refractivity contribution in [3.63, 3.8) is 0 Å². The van der Waals surface area contributed by atoms with Crippen LogP contribution in [-0.2, 0) is 6.54 Å². The number of rotatable bonds is 2. The lowest BCUT2D eigenvalue weighted by Crippen LogP contribution is -1.93. The molecule has 0 spiro atoms. The molecular formula is C9H6Br3N3O. The van der Waals surface area contributed by atoms with Crippen molar-refractivity contribution in [2.24, 2.45) is 5.18 Å². The maximum atomic E-state index is 10.8. The Morgan fingerprint density at radius 3 is 2.69 bits per heavy atom. The molecule has 0 radical (unpaired) electrons. The molecule has 2 aromatic rings. The number of imidazole rings is 1. The zero-order valence-corrected chi connectivity index (χ0v) is 12.9. The van der Waals surface area contributed by atoms with Gasteiger partial charge in [0.05, 0.1) is 9.99 Å². The standard InChI is InChI=1S/C9H6Br3N3O/c1-2-15-5-3-4(10)6(11)8(14-16)7(5)13-9(15)12/h3H,2H2,1H3. The number of hydrogen-bond acceptors (Lipinski definition) is 3. The smallest absolute Gasteiger partial charge is 0.178 e. The third-order valence-electron chi connectivity index (χ3n) is 2.27. The monoisotopic (exact) mass is 409 g/mol. The van der Waals surface area contributed by atoms with Gasteiger partial charge in [0.15, 0.2) is 10.4 Å². The van der Waals surface area contributed by atoms with Crippen LogP contribution in [0.1, 0.15) is 6.92 Å². The molecule has 4 nitrogen and oxygen atoms in total. The highest BCUT2D eigenvalue weighted by Gasteiger charge is 2.17. The maximum absolute atomic E-state index is 10.8. The lowest BCUT2D eigenvalue weighted by molar-refractivity contribution is 0.765. The summed E-state index contributed by atoms with van der Waals surface area (Å²) in [6, 6.07) is 1.91. The van der Waals surface area contributed by atoms with Gasteiger partial charge in [-0.25, -0.2) is 4.98 Å². The van der Waals surface area contributed by atoms with Gasteiger partial charge in [-0.15, -0.1) is 4.91 Å². The molecule has 0 bridgehead atoms. The van der Waals surface area contributed by atoms with Gasteiger partial charge in [0.1, 0.15) is 5.52 Å². The average molecular weight is 412 g/mol. The molecule has 1 aromatic heterocycles. The lowest BCUT2D eigenvalue weighted by atomic mass is 10.2. The summed E-state index contributed by atoms with van der Waals surface area (Å²) in [7, 11) is 0. The summed E-state index contributed by atoms with van der Waals surface area (Å²) >= 11 is 10.1. The molecule has 2 rings (SSSR count). The van der Waals surface area contributed by atoms with Crippen molar-refractivity contribution in [3.05, 3.63) is 24.7 Å². The number of benzene rings is 1. The van der Waals surface area contributed by atoms with Gasteiger partial charge in [-0.05, 0) is 66.0 Å². The highest BCUT2D eigenvalue weighted by molar-refractivity contribution is 9.13. The highest BCUT2D eigenvalue weighted by Crippen LogP contribution is 2.40. The minimum atomic E-state index is 0.317. The second kappa shape index (κ2) is 4.54. The van der Waals surface area contributed by atoms with Gasteiger partial charge in [0, 0.05) is 11.0 Å². The summed E-state index contributed by atoms with van der Waals surface area (Å²) in [5.41, 5.74) is 1.79. The van der Waals surface area contributed by atoms with Gasteiger partial charge in [0.25, 0.3) is 0 Å². The molecule has 0 N–H and O–H groups in total. The summed E-state index contributed by atoms with van der Waals surface area (Å²) in [5, 5.41) is 3.02. The van der Waals surface area contributed by atoms with E-state index in [-0.39, 0.29) is 0 Å². The van der Waals surface area contributed by atoms with Crippen molar-refractivity contribution in [1.82, 2.24) is 9.55 Å². The van der Waals surface area contributed by atoms with Crippen LogP contribution in [0.5, 0.6) is 0 Å². The topological polar surface area (TPSA) is 47.2 Å². The molecule has 0 fully saturated rings. The van der Waals surface area contributed by atoms with Crippen molar-refractivity contribution in [1.29, 1.82) is 0 Å². The van der Waals surface area contributed by atoms with E-state index in [1.54, 1.807) is 0 Å². The average Bonchev–Trinajstić information content (AvgIpc) is 2.55. The van der Waals surface area contributed by atoms with E-state index in [0.29, 0.717) is 20.4 Å². The van der Waals surface area contributed by atoms with Crippen LogP contribution < -0.4 is 0 Å². The first-order valence-corrected chi connectivity index (χ1v) is 6.85. The zero-order valence-electron chi connectivity index (χ0n) is 8.17. The van der Waals surface area contributed by atoms with Crippen LogP contribution in [0.4, 0.5) is 5.69 Å². The van der Waals surface area contributed by atoms with Gasteiger partial charge in [0.2, 0.25) is 0 Å². The van der Waals surface area contributed by atoms with Crippen LogP contribution in [0.3, 0.4) is 0 Å². The number of nitroso groups, excluding NO2 is 1. The first-order chi connectivity index (χ1) is 7.60. The van der Waals surface area contributed by atoms with Crippen molar-refractivity contribution >= 4 is 64.5 Å². The van der Waals surface area contributed by atoms with Crippen molar-refractivity contribution in [3.8, 4) is 0 Å². The van der Waals surface area contributed by atoms with Crippen molar-refractivity contribution in [2.75, 3.05) is 0 Å². The molecule has 0 aliphatic carbocycles. The van der Waals surface area contributed by atoms with E-state index in [1.807, 2.05) is 17.6 Å². The number of nitrogens with zero attached hydrogens (tertiary/aromatic N) is 3. The summed E-state index contributed by atoms with van der Waals surface area (Å²) in [6.07, 6.45) is 0. The molecule has 1 aromatic carbocycles. The number of halogens is 3. The van der Waals surface area contributed by atoms with Crippen LogP contribution >= 0.6 is 47.8 Å². The Kier molecular flexibility index (Phi) is 3.46. The van der Waals surface area contributed by atoms with Crippen LogP contribution in [-0.4, -0.2) is 9.55 Å². The van der Waals surface area contributed by atoms with Gasteiger partial charge in [-0.1, -0.05) is 0 Å². The predicted molar refractivity (Wildman–Crippen MR) is 74.0 cm³/mol. The van der Waals surface area contributed by atoms with E-state index in [9.17, 15) is 4.91 Å². The minimum Gasteiger partial charge on any atom is -0.319 e. The molecule has 0 saturated heterocycles. The largest absolute Gasteiger partial charge is 0.319 e. The SMILES string of the molecule is CCn1c(Br)nc2c(N=O)c(Br)c(Br)cc21. The number of hydrogen-bond donors (Lipinski definition) is 0. The molecule has 0 aliphatic rings. The fourth-order valence-corrected chi connectivity index (χ4v) is 2.94. The van der Waals surface area contributed by atoms with Gasteiger partial charge in [-0.3, -0.25) is 0 Å². The van der Waals surface area contributed by atoms with Gasteiger partial charge < -0.3 is 4.57 Å². The van der Waals surface area contributed by atoms with E-state index >= 15 is 0 Å². The molecule has 0 atom stereocenters. The third-order valence-corrected chi connectivity index (χ3v) is 4.84. The fraction of sp³-hybridized carbons (Fsp3) is 0.222. The Morgan fingerprint density at radius 2 is 2.12 bits per heavy atom. The first-order valence-electron chi connectivity index (χ1n) is 4.47. The highest BCUT2D eigenvalue weighted by atomic mass is 79.9. The minimum absolute atomic E-state index is 0.317. The second-order valence-electron chi connectivity index (χ2n) is 3.11. The van der Waals surface area contributed by atoms with Crippen molar-refractivity contribution in [2.45, 2.75) is 13.5 Å². The Balaban J connectivity index is 2.95. The Labute approximate surface area is 117 Å². The molecular weight excluding hydrogens is 406 g/mol. The van der Waals surface area contributed by atoms with Gasteiger partial charge >= 0.3 is 0 Å². The second-order valence-corrected chi connectivity index (χ2v) is 5.46. The summed E-state index contributed by atoms with van der Waals surface area (Å²) in [6.45, 7) is 2.78. The molecule has 0 aliphatic heterocycles. The van der Waals surface area contributed by atoms with E-state index in [1.165, 1.54) is 0 Å². The van der Waals surface area contributed by atoms with Crippen LogP contribution in [0, 0.1) is 4.91 Å². The quantitative estimate of drug-likeness (QED) is 0.670. The number of aromatic nitrogens is 2. The number of aryl methyl sites for hydroxylation is 1. The zero-order chi connectivity index (χ0) is 11.9. The van der Waals surface area contributed by atoms with Crippen LogP contribution in [0.2, 0.25) is 0 Å². The number of fused-ring (bicyclic) bond motifs is 1. The van der Waals surface area contributed by atoms with E-state index < -0.39 is 0 Å². The summed E-state index contributed by atoms with van der Waals surface area (Å²) in [5.74, 6) is 0. The van der Waals surface area contributed by atoms with E-state index in [0.717, 1.165) is 16.5 Å². The lowest BCUT2D eigenvalue weighted by Gasteiger charge is -2.03. The molecule has 0 amide bonds. The van der Waals surface area contributed by atoms with Crippen LogP contribution in [0.25, 0.3) is 11.0 Å². The Hall–Kier alpha value is -0.270. The van der Waals surface area contributed by atoms with E-state index in [4.69, 9.17) is 0 Å². The van der Waals surface area contributed by atoms with Gasteiger partial charge in [-0.2, -0.15) is 0 Å². The molecule has 0 unspecified atom stereocenters. The first kappa shape index (κ1) is 12.2.